The Hall–Kier alpha value is -2.44. The summed E-state index contributed by atoms with van der Waals surface area (Å²) in [5, 5.41) is 5.22. The molecule has 1 aliphatic heterocycles. The quantitative estimate of drug-likeness (QED) is 0.877. The zero-order chi connectivity index (χ0) is 17.7. The third kappa shape index (κ3) is 4.78. The third-order valence-corrected chi connectivity index (χ3v) is 3.99. The Morgan fingerprint density at radius 3 is 2.88 bits per heavy atom. The van der Waals surface area contributed by atoms with Gasteiger partial charge in [-0.15, -0.1) is 0 Å². The molecule has 130 valence electrons. The number of hydrogen-bond donors (Lipinski definition) is 2. The number of amides is 3. The molecular weight excluding hydrogens is 313 g/mol. The summed E-state index contributed by atoms with van der Waals surface area (Å²) in [6, 6.07) is 4.34. The average Bonchev–Trinajstić information content (AvgIpc) is 2.70. The van der Waals surface area contributed by atoms with Crippen molar-refractivity contribution in [1.29, 1.82) is 0 Å². The van der Waals surface area contributed by atoms with Crippen LogP contribution in [-0.4, -0.2) is 41.8 Å². The molecule has 1 aliphatic rings. The Labute approximate surface area is 140 Å². The molecule has 2 N–H and O–H groups in total. The summed E-state index contributed by atoms with van der Waals surface area (Å²) >= 11 is 0. The number of carbonyl (C=O) groups is 3. The van der Waals surface area contributed by atoms with Crippen LogP contribution in [-0.2, 0) is 14.4 Å². The molecular formula is C17H22FN3O3. The van der Waals surface area contributed by atoms with E-state index in [0.29, 0.717) is 13.1 Å². The highest BCUT2D eigenvalue weighted by Gasteiger charge is 2.24. The van der Waals surface area contributed by atoms with Crippen molar-refractivity contribution < 1.29 is 18.8 Å². The molecule has 0 radical (unpaired) electrons. The van der Waals surface area contributed by atoms with Crippen LogP contribution < -0.4 is 10.6 Å². The van der Waals surface area contributed by atoms with Crippen molar-refractivity contribution >= 4 is 23.4 Å². The highest BCUT2D eigenvalue weighted by atomic mass is 19.1. The van der Waals surface area contributed by atoms with E-state index >= 15 is 0 Å². The summed E-state index contributed by atoms with van der Waals surface area (Å²) in [6.07, 6.45) is 0.255. The first kappa shape index (κ1) is 17.9. The molecule has 0 aromatic heterocycles. The topological polar surface area (TPSA) is 78.5 Å². The number of benzene rings is 1. The smallest absolute Gasteiger partial charge is 0.224 e. The van der Waals surface area contributed by atoms with Crippen LogP contribution in [0, 0.1) is 12.7 Å². The first-order valence-corrected chi connectivity index (χ1v) is 7.99. The molecule has 3 amide bonds. The maximum Gasteiger partial charge on any atom is 0.224 e. The van der Waals surface area contributed by atoms with Crippen molar-refractivity contribution in [2.24, 2.45) is 0 Å². The normalized spacial score (nSPS) is 17.9. The largest absolute Gasteiger partial charge is 0.354 e. The van der Waals surface area contributed by atoms with Gasteiger partial charge in [-0.2, -0.15) is 0 Å². The minimum Gasteiger partial charge on any atom is -0.354 e. The van der Waals surface area contributed by atoms with Gasteiger partial charge in [0.05, 0.1) is 5.69 Å². The zero-order valence-electron chi connectivity index (χ0n) is 13.9. The summed E-state index contributed by atoms with van der Waals surface area (Å²) in [7, 11) is 0. The monoisotopic (exact) mass is 335 g/mol. The molecule has 1 heterocycles. The maximum atomic E-state index is 13.6. The summed E-state index contributed by atoms with van der Waals surface area (Å²) in [4.78, 5) is 37.2. The number of carbonyl (C=O) groups excluding carboxylic acids is 3. The molecule has 0 saturated carbocycles. The Morgan fingerprint density at radius 2 is 2.12 bits per heavy atom. The summed E-state index contributed by atoms with van der Waals surface area (Å²) < 4.78 is 13.6. The van der Waals surface area contributed by atoms with Gasteiger partial charge in [0.15, 0.2) is 0 Å². The fourth-order valence-electron chi connectivity index (χ4n) is 2.58. The Balaban J connectivity index is 1.87. The number of hydrogen-bond acceptors (Lipinski definition) is 3. The van der Waals surface area contributed by atoms with Crippen molar-refractivity contribution in [3.05, 3.63) is 29.6 Å². The van der Waals surface area contributed by atoms with Crippen LogP contribution in [0.3, 0.4) is 0 Å². The highest BCUT2D eigenvalue weighted by Crippen LogP contribution is 2.16. The lowest BCUT2D eigenvalue weighted by molar-refractivity contribution is -0.134. The average molecular weight is 335 g/mol. The van der Waals surface area contributed by atoms with Crippen molar-refractivity contribution in [2.45, 2.75) is 39.2 Å². The number of nitrogens with zero attached hydrogens (tertiary/aromatic N) is 1. The lowest BCUT2D eigenvalue weighted by atomic mass is 10.2. The molecule has 0 spiro atoms. The number of anilines is 1. The molecule has 0 aliphatic carbocycles. The van der Waals surface area contributed by atoms with Crippen LogP contribution >= 0.6 is 0 Å². The number of rotatable bonds is 4. The standard InChI is InChI=1S/C17H22FN3O3/c1-11-3-4-13(18)14(9-11)20-16(23)5-6-17(24)21-8-7-15(22)19-10-12(21)2/h3-4,9,12H,5-8,10H2,1-2H3,(H,19,22)(H,20,23)/t12-/m1/s1. The molecule has 6 nitrogen and oxygen atoms in total. The lowest BCUT2D eigenvalue weighted by Crippen LogP contribution is -2.42. The van der Waals surface area contributed by atoms with Gasteiger partial charge in [-0.1, -0.05) is 6.07 Å². The van der Waals surface area contributed by atoms with Crippen molar-refractivity contribution in [3.63, 3.8) is 0 Å². The molecule has 1 saturated heterocycles. The van der Waals surface area contributed by atoms with Crippen molar-refractivity contribution in [3.8, 4) is 0 Å². The first-order chi connectivity index (χ1) is 11.4. The van der Waals surface area contributed by atoms with E-state index in [0.717, 1.165) is 5.56 Å². The molecule has 2 rings (SSSR count). The van der Waals surface area contributed by atoms with Crippen LogP contribution in [0.2, 0.25) is 0 Å². The van der Waals surface area contributed by atoms with Gasteiger partial charge < -0.3 is 15.5 Å². The van der Waals surface area contributed by atoms with E-state index in [-0.39, 0.29) is 42.8 Å². The second kappa shape index (κ2) is 7.90. The van der Waals surface area contributed by atoms with Crippen LogP contribution in [0.4, 0.5) is 10.1 Å². The van der Waals surface area contributed by atoms with Crippen molar-refractivity contribution in [1.82, 2.24) is 10.2 Å². The predicted molar refractivity (Wildman–Crippen MR) is 87.8 cm³/mol. The van der Waals surface area contributed by atoms with Gasteiger partial charge in [-0.25, -0.2) is 4.39 Å². The first-order valence-electron chi connectivity index (χ1n) is 7.99. The minimum absolute atomic E-state index is 0.0256. The van der Waals surface area contributed by atoms with Gasteiger partial charge in [0.2, 0.25) is 17.7 Å². The summed E-state index contributed by atoms with van der Waals surface area (Å²) in [5.74, 6) is -1.18. The Bertz CT molecular complexity index is 648. The summed E-state index contributed by atoms with van der Waals surface area (Å²) in [6.45, 7) is 4.41. The minimum atomic E-state index is -0.508. The molecule has 1 atom stereocenters. The second-order valence-electron chi connectivity index (χ2n) is 6.02. The van der Waals surface area contributed by atoms with Gasteiger partial charge in [0, 0.05) is 38.4 Å². The van der Waals surface area contributed by atoms with E-state index in [9.17, 15) is 18.8 Å². The van der Waals surface area contributed by atoms with E-state index in [1.807, 2.05) is 6.92 Å². The van der Waals surface area contributed by atoms with Crippen LogP contribution in [0.15, 0.2) is 18.2 Å². The molecule has 0 unspecified atom stereocenters. The molecule has 1 aromatic rings. The molecule has 1 aromatic carbocycles. The second-order valence-corrected chi connectivity index (χ2v) is 6.02. The third-order valence-electron chi connectivity index (χ3n) is 3.99. The molecule has 24 heavy (non-hydrogen) atoms. The maximum absolute atomic E-state index is 13.6. The van der Waals surface area contributed by atoms with Crippen molar-refractivity contribution in [2.75, 3.05) is 18.4 Å². The van der Waals surface area contributed by atoms with Gasteiger partial charge in [-0.3, -0.25) is 14.4 Å². The number of nitrogens with one attached hydrogen (secondary N) is 2. The van der Waals surface area contributed by atoms with E-state index in [2.05, 4.69) is 10.6 Å². The molecule has 7 heteroatoms. The summed E-state index contributed by atoms with van der Waals surface area (Å²) in [5.41, 5.74) is 0.948. The lowest BCUT2D eigenvalue weighted by Gasteiger charge is -2.26. The predicted octanol–water partition coefficient (Wildman–Crippen LogP) is 1.59. The van der Waals surface area contributed by atoms with E-state index in [1.54, 1.807) is 24.0 Å². The molecule has 0 bridgehead atoms. The van der Waals surface area contributed by atoms with Crippen LogP contribution in [0.25, 0.3) is 0 Å². The van der Waals surface area contributed by atoms with Gasteiger partial charge in [0.1, 0.15) is 5.82 Å². The van der Waals surface area contributed by atoms with Crippen LogP contribution in [0.5, 0.6) is 0 Å². The highest BCUT2D eigenvalue weighted by molar-refractivity contribution is 5.93. The van der Waals surface area contributed by atoms with Crippen LogP contribution in [0.1, 0.15) is 31.7 Å². The fourth-order valence-corrected chi connectivity index (χ4v) is 2.58. The van der Waals surface area contributed by atoms with Gasteiger partial charge >= 0.3 is 0 Å². The van der Waals surface area contributed by atoms with E-state index in [1.165, 1.54) is 6.07 Å². The fraction of sp³-hybridized carbons (Fsp3) is 0.471. The SMILES string of the molecule is Cc1ccc(F)c(NC(=O)CCC(=O)N2CCC(=O)NC[C@H]2C)c1. The number of aryl methyl sites for hydroxylation is 1. The van der Waals surface area contributed by atoms with Gasteiger partial charge in [0.25, 0.3) is 0 Å². The zero-order valence-corrected chi connectivity index (χ0v) is 13.9. The van der Waals surface area contributed by atoms with E-state index in [4.69, 9.17) is 0 Å². The van der Waals surface area contributed by atoms with E-state index < -0.39 is 11.7 Å². The Morgan fingerprint density at radius 1 is 1.38 bits per heavy atom. The Kier molecular flexibility index (Phi) is 5.89. The molecule has 1 fully saturated rings. The number of halogens is 1. The van der Waals surface area contributed by atoms with Gasteiger partial charge in [-0.05, 0) is 31.5 Å².